The van der Waals surface area contributed by atoms with Gasteiger partial charge in [-0.3, -0.25) is 9.79 Å². The Balaban J connectivity index is 0.00000280. The van der Waals surface area contributed by atoms with Crippen LogP contribution in [0.15, 0.2) is 29.3 Å². The number of carbonyl (C=O) groups excluding carboxylic acids is 1. The van der Waals surface area contributed by atoms with Crippen LogP contribution >= 0.6 is 24.0 Å². The molecule has 2 aromatic rings. The van der Waals surface area contributed by atoms with E-state index in [0.717, 1.165) is 25.5 Å². The van der Waals surface area contributed by atoms with Crippen molar-refractivity contribution in [2.45, 2.75) is 27.2 Å². The lowest BCUT2D eigenvalue weighted by atomic mass is 9.99. The van der Waals surface area contributed by atoms with Gasteiger partial charge in [0.15, 0.2) is 5.96 Å². The third kappa shape index (κ3) is 4.79. The predicted molar refractivity (Wildman–Crippen MR) is 124 cm³/mol. The number of nitrogens with one attached hydrogen (secondary N) is 2. The van der Waals surface area contributed by atoms with E-state index in [0.29, 0.717) is 13.1 Å². The van der Waals surface area contributed by atoms with Crippen LogP contribution in [-0.4, -0.2) is 55.1 Å². The molecule has 0 saturated carbocycles. The number of fused-ring (bicyclic) bond motifs is 1. The van der Waals surface area contributed by atoms with Crippen LogP contribution in [0, 0.1) is 18.8 Å². The van der Waals surface area contributed by atoms with Gasteiger partial charge in [0, 0.05) is 42.8 Å². The average molecular weight is 498 g/mol. The Hall–Kier alpha value is -1.77. The first kappa shape index (κ1) is 22.5. The van der Waals surface area contributed by atoms with Gasteiger partial charge < -0.3 is 19.9 Å². The molecule has 1 aromatic carbocycles. The van der Waals surface area contributed by atoms with Crippen molar-refractivity contribution in [2.75, 3.05) is 33.3 Å². The lowest BCUT2D eigenvalue weighted by Gasteiger charge is -2.21. The minimum absolute atomic E-state index is 0. The fourth-order valence-electron chi connectivity index (χ4n) is 3.95. The summed E-state index contributed by atoms with van der Waals surface area (Å²) in [4.78, 5) is 22.4. The van der Waals surface area contributed by atoms with Crippen molar-refractivity contribution in [3.05, 3.63) is 35.5 Å². The number of aromatic amines is 1. The molecule has 0 spiro atoms. The molecule has 1 fully saturated rings. The number of hydrogen-bond donors (Lipinski definition) is 2. The maximum Gasteiger partial charge on any atom is 0.310 e. The van der Waals surface area contributed by atoms with E-state index in [9.17, 15) is 4.79 Å². The highest BCUT2D eigenvalue weighted by Gasteiger charge is 2.36. The van der Waals surface area contributed by atoms with Crippen LogP contribution in [0.25, 0.3) is 10.9 Å². The van der Waals surface area contributed by atoms with Gasteiger partial charge >= 0.3 is 5.97 Å². The van der Waals surface area contributed by atoms with Gasteiger partial charge in [0.1, 0.15) is 0 Å². The summed E-state index contributed by atoms with van der Waals surface area (Å²) < 4.78 is 4.95. The highest BCUT2D eigenvalue weighted by molar-refractivity contribution is 14.0. The molecule has 0 amide bonds. The summed E-state index contributed by atoms with van der Waals surface area (Å²) in [6, 6.07) is 8.39. The molecule has 2 atom stereocenters. The van der Waals surface area contributed by atoms with Crippen molar-refractivity contribution in [1.29, 1.82) is 0 Å². The van der Waals surface area contributed by atoms with Gasteiger partial charge in [-0.15, -0.1) is 24.0 Å². The van der Waals surface area contributed by atoms with Crippen LogP contribution in [0.3, 0.4) is 0 Å². The molecule has 2 N–H and O–H groups in total. The fraction of sp³-hybridized carbons (Fsp3) is 0.524. The van der Waals surface area contributed by atoms with Gasteiger partial charge in [0.2, 0.25) is 0 Å². The zero-order valence-electron chi connectivity index (χ0n) is 17.1. The second-order valence-electron chi connectivity index (χ2n) is 7.27. The molecule has 154 valence electrons. The number of H-pyrrole nitrogens is 1. The Morgan fingerprint density at radius 1 is 1.36 bits per heavy atom. The number of rotatable bonds is 5. The van der Waals surface area contributed by atoms with Crippen molar-refractivity contribution in [2.24, 2.45) is 16.8 Å². The van der Waals surface area contributed by atoms with Crippen molar-refractivity contribution in [1.82, 2.24) is 15.2 Å². The topological polar surface area (TPSA) is 69.7 Å². The minimum Gasteiger partial charge on any atom is -0.469 e. The molecular weight excluding hydrogens is 467 g/mol. The molecule has 1 aliphatic heterocycles. The Bertz CT molecular complexity index is 833. The molecule has 0 radical (unpaired) electrons. The molecule has 2 unspecified atom stereocenters. The fourth-order valence-corrected chi connectivity index (χ4v) is 3.95. The van der Waals surface area contributed by atoms with E-state index in [-0.39, 0.29) is 41.8 Å². The quantitative estimate of drug-likeness (QED) is 0.287. The zero-order valence-corrected chi connectivity index (χ0v) is 19.4. The number of nitrogens with zero attached hydrogens (tertiary/aromatic N) is 2. The van der Waals surface area contributed by atoms with Crippen molar-refractivity contribution in [3.8, 4) is 0 Å². The van der Waals surface area contributed by atoms with Crippen LogP contribution in [0.1, 0.15) is 25.1 Å². The smallest absolute Gasteiger partial charge is 0.310 e. The molecule has 1 aliphatic rings. The number of ether oxygens (including phenoxy) is 1. The maximum absolute atomic E-state index is 12.0. The summed E-state index contributed by atoms with van der Waals surface area (Å²) in [5.74, 6) is 0.926. The molecular formula is C21H31IN4O2. The number of benzene rings is 1. The molecule has 1 saturated heterocycles. The SMILES string of the molecule is CCNC(=NCCc1c(C)[nH]c2ccccc12)N1CC(C)C(C(=O)OC)C1.I. The third-order valence-corrected chi connectivity index (χ3v) is 5.40. The number of esters is 1. The Morgan fingerprint density at radius 2 is 2.11 bits per heavy atom. The summed E-state index contributed by atoms with van der Waals surface area (Å²) in [7, 11) is 1.46. The van der Waals surface area contributed by atoms with E-state index in [1.165, 1.54) is 29.3 Å². The number of halogens is 1. The first-order chi connectivity index (χ1) is 13.0. The Kier molecular flexibility index (Phi) is 8.15. The molecule has 2 heterocycles. The molecule has 0 bridgehead atoms. The standard InChI is InChI=1S/C21H30N4O2.HI/c1-5-22-21(25-12-14(2)18(13-25)20(26)27-4)23-11-10-16-15(3)24-19-9-7-6-8-17(16)19;/h6-9,14,18,24H,5,10-13H2,1-4H3,(H,22,23);1H. The monoisotopic (exact) mass is 498 g/mol. The summed E-state index contributed by atoms with van der Waals surface area (Å²) in [5.41, 5.74) is 3.71. The number of aliphatic imine (C=N–C) groups is 1. The highest BCUT2D eigenvalue weighted by atomic mass is 127. The first-order valence-corrected chi connectivity index (χ1v) is 9.72. The van der Waals surface area contributed by atoms with Crippen molar-refractivity contribution in [3.63, 3.8) is 0 Å². The summed E-state index contributed by atoms with van der Waals surface area (Å²) >= 11 is 0. The number of hydrogen-bond acceptors (Lipinski definition) is 3. The summed E-state index contributed by atoms with van der Waals surface area (Å²) in [6.07, 6.45) is 0.883. The largest absolute Gasteiger partial charge is 0.469 e. The van der Waals surface area contributed by atoms with Crippen molar-refractivity contribution < 1.29 is 9.53 Å². The lowest BCUT2D eigenvalue weighted by molar-refractivity contribution is -0.145. The number of para-hydroxylation sites is 1. The van der Waals surface area contributed by atoms with Crippen LogP contribution in [-0.2, 0) is 16.0 Å². The number of guanidine groups is 1. The number of aromatic nitrogens is 1. The molecule has 28 heavy (non-hydrogen) atoms. The second kappa shape index (κ2) is 10.1. The van der Waals surface area contributed by atoms with E-state index < -0.39 is 0 Å². The number of carbonyl (C=O) groups is 1. The molecule has 3 rings (SSSR count). The number of aryl methyl sites for hydroxylation is 1. The van der Waals surface area contributed by atoms with Gasteiger partial charge in [0.25, 0.3) is 0 Å². The molecule has 1 aromatic heterocycles. The number of methoxy groups -OCH3 is 1. The van der Waals surface area contributed by atoms with Gasteiger partial charge in [0.05, 0.1) is 13.0 Å². The first-order valence-electron chi connectivity index (χ1n) is 9.72. The lowest BCUT2D eigenvalue weighted by Crippen LogP contribution is -2.40. The van der Waals surface area contributed by atoms with Crippen LogP contribution < -0.4 is 5.32 Å². The molecule has 6 nitrogen and oxygen atoms in total. The van der Waals surface area contributed by atoms with E-state index in [2.05, 4.69) is 60.2 Å². The van der Waals surface area contributed by atoms with Crippen LogP contribution in [0.2, 0.25) is 0 Å². The third-order valence-electron chi connectivity index (χ3n) is 5.40. The average Bonchev–Trinajstić information content (AvgIpc) is 3.20. The van der Waals surface area contributed by atoms with E-state index >= 15 is 0 Å². The summed E-state index contributed by atoms with van der Waals surface area (Å²) in [6.45, 7) is 9.27. The molecule has 0 aliphatic carbocycles. The van der Waals surface area contributed by atoms with E-state index in [4.69, 9.17) is 9.73 Å². The van der Waals surface area contributed by atoms with Crippen LogP contribution in [0.4, 0.5) is 0 Å². The van der Waals surface area contributed by atoms with Gasteiger partial charge in [-0.25, -0.2) is 0 Å². The van der Waals surface area contributed by atoms with E-state index in [1.807, 2.05) is 0 Å². The number of likely N-dealkylation sites (tertiary alicyclic amines) is 1. The van der Waals surface area contributed by atoms with Gasteiger partial charge in [-0.2, -0.15) is 0 Å². The predicted octanol–water partition coefficient (Wildman–Crippen LogP) is 3.34. The van der Waals surface area contributed by atoms with Crippen molar-refractivity contribution >= 4 is 46.8 Å². The second-order valence-corrected chi connectivity index (χ2v) is 7.27. The normalized spacial score (nSPS) is 19.6. The zero-order chi connectivity index (χ0) is 19.4. The Morgan fingerprint density at radius 3 is 2.82 bits per heavy atom. The summed E-state index contributed by atoms with van der Waals surface area (Å²) in [5, 5.41) is 4.64. The van der Waals surface area contributed by atoms with Crippen LogP contribution in [0.5, 0.6) is 0 Å². The van der Waals surface area contributed by atoms with Gasteiger partial charge in [-0.1, -0.05) is 25.1 Å². The maximum atomic E-state index is 12.0. The van der Waals surface area contributed by atoms with E-state index in [1.54, 1.807) is 0 Å². The highest BCUT2D eigenvalue weighted by Crippen LogP contribution is 2.25. The van der Waals surface area contributed by atoms with Gasteiger partial charge in [-0.05, 0) is 37.8 Å². The minimum atomic E-state index is -0.129. The Labute approximate surface area is 184 Å². The molecule has 7 heteroatoms.